The zero-order valence-corrected chi connectivity index (χ0v) is 15.7. The molecule has 2 amide bonds. The van der Waals surface area contributed by atoms with Crippen molar-refractivity contribution >= 4 is 40.0 Å². The van der Waals surface area contributed by atoms with E-state index in [9.17, 15) is 9.18 Å². The molecule has 28 heavy (non-hydrogen) atoms. The topological polar surface area (TPSA) is 75.0 Å². The summed E-state index contributed by atoms with van der Waals surface area (Å²) in [5, 5.41) is 7.17. The first-order valence-electron chi connectivity index (χ1n) is 8.55. The third kappa shape index (κ3) is 2.97. The Morgan fingerprint density at radius 2 is 1.82 bits per heavy atom. The lowest BCUT2D eigenvalue weighted by Gasteiger charge is -2.19. The van der Waals surface area contributed by atoms with Crippen LogP contribution in [0.15, 0.2) is 60.7 Å². The maximum atomic E-state index is 14.9. The second kappa shape index (κ2) is 6.98. The predicted molar refractivity (Wildman–Crippen MR) is 109 cm³/mol. The van der Waals surface area contributed by atoms with E-state index in [0.29, 0.717) is 16.6 Å². The molecule has 4 aromatic rings. The highest BCUT2D eigenvalue weighted by atomic mass is 35.5. The molecule has 0 bridgehead atoms. The van der Waals surface area contributed by atoms with Gasteiger partial charge in [0.15, 0.2) is 11.6 Å². The van der Waals surface area contributed by atoms with Crippen LogP contribution in [0.1, 0.15) is 5.56 Å². The number of nitrogens with zero attached hydrogens (tertiary/aromatic N) is 2. The molecule has 1 aromatic heterocycles. The molecular formula is C21H16ClFN4O. The van der Waals surface area contributed by atoms with Crippen LogP contribution in [0, 0.1) is 12.7 Å². The summed E-state index contributed by atoms with van der Waals surface area (Å²) in [6.07, 6.45) is 0. The van der Waals surface area contributed by atoms with Gasteiger partial charge in [0.1, 0.15) is 5.52 Å². The molecule has 0 atom stereocenters. The van der Waals surface area contributed by atoms with Crippen LogP contribution in [-0.2, 0) is 0 Å². The molecule has 0 fully saturated rings. The number of nitrogens with one attached hydrogen (secondary N) is 1. The zero-order chi connectivity index (χ0) is 19.8. The zero-order valence-electron chi connectivity index (χ0n) is 14.9. The number of H-pyrrole nitrogens is 1. The van der Waals surface area contributed by atoms with Gasteiger partial charge < -0.3 is 5.73 Å². The Labute approximate surface area is 165 Å². The Balaban J connectivity index is 1.96. The third-order valence-electron chi connectivity index (χ3n) is 4.53. The summed E-state index contributed by atoms with van der Waals surface area (Å²) in [5.41, 5.74) is 8.55. The van der Waals surface area contributed by atoms with Gasteiger partial charge in [0, 0.05) is 10.9 Å². The first-order chi connectivity index (χ1) is 13.5. The van der Waals surface area contributed by atoms with Crippen molar-refractivity contribution in [3.63, 3.8) is 0 Å². The minimum atomic E-state index is -0.728. The summed E-state index contributed by atoms with van der Waals surface area (Å²) in [6.45, 7) is 1.94. The average Bonchev–Trinajstić information content (AvgIpc) is 3.10. The number of urea groups is 1. The lowest BCUT2D eigenvalue weighted by molar-refractivity contribution is 0.256. The van der Waals surface area contributed by atoms with Gasteiger partial charge in [-0.05, 0) is 30.7 Å². The van der Waals surface area contributed by atoms with E-state index in [4.69, 9.17) is 17.3 Å². The Morgan fingerprint density at radius 3 is 2.46 bits per heavy atom. The van der Waals surface area contributed by atoms with Crippen molar-refractivity contribution < 1.29 is 9.18 Å². The van der Waals surface area contributed by atoms with Crippen molar-refractivity contribution in [2.45, 2.75) is 6.92 Å². The second-order valence-electron chi connectivity index (χ2n) is 6.40. The number of hydrogen-bond donors (Lipinski definition) is 2. The monoisotopic (exact) mass is 394 g/mol. The molecule has 0 aliphatic carbocycles. The number of anilines is 2. The van der Waals surface area contributed by atoms with E-state index in [1.54, 1.807) is 18.2 Å². The highest BCUT2D eigenvalue weighted by Gasteiger charge is 2.24. The Hall–Kier alpha value is -3.38. The van der Waals surface area contributed by atoms with Gasteiger partial charge in [-0.1, -0.05) is 59.6 Å². The number of nitrogens with two attached hydrogens (primary N) is 1. The molecule has 1 heterocycles. The predicted octanol–water partition coefficient (Wildman–Crippen LogP) is 5.55. The molecule has 0 aliphatic heterocycles. The number of fused-ring (bicyclic) bond motifs is 1. The highest BCUT2D eigenvalue weighted by Crippen LogP contribution is 2.39. The average molecular weight is 395 g/mol. The minimum Gasteiger partial charge on any atom is -0.351 e. The van der Waals surface area contributed by atoms with Gasteiger partial charge in [-0.3, -0.25) is 5.10 Å². The molecule has 140 valence electrons. The molecule has 0 saturated heterocycles. The van der Waals surface area contributed by atoms with Crippen molar-refractivity contribution in [1.82, 2.24) is 10.2 Å². The van der Waals surface area contributed by atoms with E-state index < -0.39 is 11.8 Å². The van der Waals surface area contributed by atoms with Crippen LogP contribution < -0.4 is 10.6 Å². The van der Waals surface area contributed by atoms with Gasteiger partial charge >= 0.3 is 6.03 Å². The molecule has 7 heteroatoms. The van der Waals surface area contributed by atoms with Gasteiger partial charge in [-0.25, -0.2) is 14.1 Å². The largest absolute Gasteiger partial charge is 0.351 e. The molecular weight excluding hydrogens is 379 g/mol. The highest BCUT2D eigenvalue weighted by molar-refractivity contribution is 6.34. The lowest BCUT2D eigenvalue weighted by Crippen LogP contribution is -2.31. The smallest absolute Gasteiger partial charge is 0.325 e. The summed E-state index contributed by atoms with van der Waals surface area (Å²) in [6, 6.07) is 17.4. The van der Waals surface area contributed by atoms with Crippen LogP contribution in [0.2, 0.25) is 5.02 Å². The SMILES string of the molecule is Cc1ccc(N(C(N)=O)c2n[nH]c3c(F)c(Cl)c(-c4ccccc4)cc23)cc1. The lowest BCUT2D eigenvalue weighted by atomic mass is 10.0. The van der Waals surface area contributed by atoms with E-state index in [0.717, 1.165) is 11.1 Å². The molecule has 3 aromatic carbocycles. The number of benzene rings is 3. The van der Waals surface area contributed by atoms with Crippen LogP contribution in [0.4, 0.5) is 20.7 Å². The molecule has 0 aliphatic rings. The number of hydrogen-bond acceptors (Lipinski definition) is 2. The van der Waals surface area contributed by atoms with E-state index >= 15 is 0 Å². The summed E-state index contributed by atoms with van der Waals surface area (Å²) in [5.74, 6) is -0.427. The fraction of sp³-hybridized carbons (Fsp3) is 0.0476. The summed E-state index contributed by atoms with van der Waals surface area (Å²) < 4.78 is 14.9. The van der Waals surface area contributed by atoms with E-state index in [1.165, 1.54) is 4.90 Å². The normalized spacial score (nSPS) is 11.0. The number of halogens is 2. The molecule has 5 nitrogen and oxygen atoms in total. The molecule has 0 radical (unpaired) electrons. The van der Waals surface area contributed by atoms with Gasteiger partial charge in [0.2, 0.25) is 0 Å². The molecule has 3 N–H and O–H groups in total. The van der Waals surface area contributed by atoms with Gasteiger partial charge in [0.25, 0.3) is 0 Å². The van der Waals surface area contributed by atoms with Crippen LogP contribution in [-0.4, -0.2) is 16.2 Å². The third-order valence-corrected chi connectivity index (χ3v) is 4.90. The van der Waals surface area contributed by atoms with Gasteiger partial charge in [-0.15, -0.1) is 0 Å². The van der Waals surface area contributed by atoms with Crippen molar-refractivity contribution in [2.24, 2.45) is 5.73 Å². The van der Waals surface area contributed by atoms with Crippen LogP contribution >= 0.6 is 11.6 Å². The maximum Gasteiger partial charge on any atom is 0.325 e. The fourth-order valence-electron chi connectivity index (χ4n) is 3.13. The number of rotatable bonds is 3. The van der Waals surface area contributed by atoms with E-state index in [1.807, 2.05) is 49.4 Å². The summed E-state index contributed by atoms with van der Waals surface area (Å²) >= 11 is 6.26. The Bertz CT molecular complexity index is 1170. The van der Waals surface area contributed by atoms with E-state index in [2.05, 4.69) is 10.2 Å². The molecule has 0 spiro atoms. The molecule has 4 rings (SSSR count). The number of carbonyl (C=O) groups is 1. The Morgan fingerprint density at radius 1 is 1.14 bits per heavy atom. The van der Waals surface area contributed by atoms with E-state index in [-0.39, 0.29) is 16.4 Å². The van der Waals surface area contributed by atoms with Gasteiger partial charge in [0.05, 0.1) is 10.7 Å². The molecule has 0 saturated carbocycles. The van der Waals surface area contributed by atoms with Crippen molar-refractivity contribution in [3.05, 3.63) is 77.1 Å². The standard InChI is InChI=1S/C21H16ClFN4O/c1-12-7-9-14(10-8-12)27(21(24)28)20-16-11-15(13-5-3-2-4-6-13)17(22)18(23)19(16)25-26-20/h2-11H,1H3,(H2,24,28)(H,25,26). The second-order valence-corrected chi connectivity index (χ2v) is 6.78. The first-order valence-corrected chi connectivity index (χ1v) is 8.93. The maximum absolute atomic E-state index is 14.9. The number of aryl methyl sites for hydroxylation is 1. The van der Waals surface area contributed by atoms with Crippen LogP contribution in [0.5, 0.6) is 0 Å². The Kier molecular flexibility index (Phi) is 4.49. The number of carbonyl (C=O) groups excluding carboxylic acids is 1. The summed E-state index contributed by atoms with van der Waals surface area (Å²) in [7, 11) is 0. The summed E-state index contributed by atoms with van der Waals surface area (Å²) in [4.78, 5) is 13.4. The fourth-order valence-corrected chi connectivity index (χ4v) is 3.38. The number of aromatic amines is 1. The van der Waals surface area contributed by atoms with Gasteiger partial charge in [-0.2, -0.15) is 5.10 Å². The minimum absolute atomic E-state index is 0.0186. The van der Waals surface area contributed by atoms with Crippen molar-refractivity contribution in [2.75, 3.05) is 4.90 Å². The van der Waals surface area contributed by atoms with Crippen molar-refractivity contribution in [1.29, 1.82) is 0 Å². The first kappa shape index (κ1) is 18.0. The number of primary amides is 1. The number of amides is 2. The van der Waals surface area contributed by atoms with Crippen LogP contribution in [0.25, 0.3) is 22.0 Å². The quantitative estimate of drug-likeness (QED) is 0.478. The van der Waals surface area contributed by atoms with Crippen LogP contribution in [0.3, 0.4) is 0 Å². The molecule has 0 unspecified atom stereocenters. The van der Waals surface area contributed by atoms with Crippen molar-refractivity contribution in [3.8, 4) is 11.1 Å². The number of aromatic nitrogens is 2.